The predicted molar refractivity (Wildman–Crippen MR) is 97.1 cm³/mol. The van der Waals surface area contributed by atoms with Crippen LogP contribution in [-0.4, -0.2) is 53.3 Å². The van der Waals surface area contributed by atoms with Crippen molar-refractivity contribution in [2.24, 2.45) is 5.92 Å². The van der Waals surface area contributed by atoms with E-state index >= 15 is 0 Å². The fourth-order valence-electron chi connectivity index (χ4n) is 1.82. The van der Waals surface area contributed by atoms with Gasteiger partial charge in [0, 0.05) is 27.2 Å². The van der Waals surface area contributed by atoms with Gasteiger partial charge in [0.1, 0.15) is 18.1 Å². The predicted octanol–water partition coefficient (Wildman–Crippen LogP) is 0.380. The second-order valence-electron chi connectivity index (χ2n) is 5.44. The van der Waals surface area contributed by atoms with Crippen LogP contribution in [-0.2, 0) is 20.8 Å². The Hall–Kier alpha value is -2.41. The SMILES string of the molecule is [2H]c1c([2H])c([2H])c2c(c1[2H])C([2H])([2H])C([2H])([2H])N(C([2H])([2H])[2H])C(=O)[C@@]2([2H])NC(=O)[C@@H](NC(=O)[C@@]([2H])(O)C(C)C)C([2H])([2H])[2H]. The highest BCUT2D eigenvalue weighted by molar-refractivity contribution is 5.93. The van der Waals surface area contributed by atoms with Crippen molar-refractivity contribution < 1.29 is 41.4 Å². The summed E-state index contributed by atoms with van der Waals surface area (Å²) >= 11 is 0. The second-order valence-corrected chi connectivity index (χ2v) is 5.44. The number of carbonyl (C=O) groups is 3. The molecule has 7 nitrogen and oxygen atoms in total. The summed E-state index contributed by atoms with van der Waals surface area (Å²) in [5, 5.41) is 13.2. The van der Waals surface area contributed by atoms with E-state index in [-0.39, 0.29) is 0 Å². The molecule has 3 N–H and O–H groups in total. The van der Waals surface area contributed by atoms with Crippen LogP contribution in [0.5, 0.6) is 0 Å². The molecular weight excluding hydrogens is 334 g/mol. The zero-order valence-electron chi connectivity index (χ0n) is 29.8. The highest BCUT2D eigenvalue weighted by Crippen LogP contribution is 2.24. The Balaban J connectivity index is 2.97. The van der Waals surface area contributed by atoms with E-state index in [1.807, 2.05) is 0 Å². The van der Waals surface area contributed by atoms with Crippen LogP contribution in [0.2, 0.25) is 0 Å². The van der Waals surface area contributed by atoms with Crippen LogP contribution in [0.1, 0.15) is 59.8 Å². The number of nitrogens with zero attached hydrogens (tertiary/aromatic N) is 1. The highest BCUT2D eigenvalue weighted by atomic mass is 16.3. The van der Waals surface area contributed by atoms with Gasteiger partial charge in [0.05, 0.1) is 8.22 Å². The van der Waals surface area contributed by atoms with Crippen molar-refractivity contribution in [1.29, 1.82) is 0 Å². The van der Waals surface area contributed by atoms with Crippen LogP contribution in [0.25, 0.3) is 0 Å². The van der Waals surface area contributed by atoms with Crippen molar-refractivity contribution >= 4 is 17.7 Å². The Bertz CT molecular complexity index is 1310. The Morgan fingerprint density at radius 1 is 1.46 bits per heavy atom. The lowest BCUT2D eigenvalue weighted by atomic mass is 9.99. The Morgan fingerprint density at radius 3 is 2.85 bits per heavy atom. The van der Waals surface area contributed by atoms with Crippen molar-refractivity contribution in [3.63, 3.8) is 0 Å². The van der Waals surface area contributed by atoms with Gasteiger partial charge in [-0.2, -0.15) is 0 Å². The molecule has 7 heteroatoms. The maximum atomic E-state index is 13.7. The average Bonchev–Trinajstić information content (AvgIpc) is 2.83. The van der Waals surface area contributed by atoms with Crippen molar-refractivity contribution in [2.45, 2.75) is 45.2 Å². The molecule has 26 heavy (non-hydrogen) atoms. The van der Waals surface area contributed by atoms with E-state index < -0.39 is 109 Å². The van der Waals surface area contributed by atoms with Gasteiger partial charge < -0.3 is 20.6 Å². The van der Waals surface area contributed by atoms with Crippen molar-refractivity contribution in [3.05, 3.63) is 35.3 Å². The highest BCUT2D eigenvalue weighted by Gasteiger charge is 2.32. The minimum absolute atomic E-state index is 0.746. The molecule has 3 atom stereocenters. The van der Waals surface area contributed by atoms with E-state index in [0.29, 0.717) is 0 Å². The maximum absolute atomic E-state index is 13.7. The maximum Gasteiger partial charge on any atom is 0.249 e. The summed E-state index contributed by atoms with van der Waals surface area (Å²) in [6, 6.07) is -11.7. The Labute approximate surface area is 176 Å². The van der Waals surface area contributed by atoms with E-state index in [2.05, 4.69) is 0 Å². The van der Waals surface area contributed by atoms with Gasteiger partial charge in [-0.05, 0) is 30.3 Å². The van der Waals surface area contributed by atoms with Crippen LogP contribution in [0.4, 0.5) is 0 Å². The molecule has 0 aliphatic carbocycles. The smallest absolute Gasteiger partial charge is 0.249 e. The topological polar surface area (TPSA) is 98.7 Å². The molecule has 1 aromatic carbocycles. The molecule has 1 aliphatic rings. The number of hydrogen-bond acceptors (Lipinski definition) is 4. The fourth-order valence-corrected chi connectivity index (χ4v) is 1.82. The Kier molecular flexibility index (Phi) is 2.34. The van der Waals surface area contributed by atoms with Crippen LogP contribution >= 0.6 is 0 Å². The molecule has 3 amide bonds. The average molecular weight is 378 g/mol. The van der Waals surface area contributed by atoms with Gasteiger partial charge in [-0.3, -0.25) is 14.4 Å². The van der Waals surface area contributed by atoms with Gasteiger partial charge in [-0.15, -0.1) is 0 Å². The minimum atomic E-state index is -3.97. The fraction of sp³-hybridized carbons (Fsp3) is 0.526. The van der Waals surface area contributed by atoms with Gasteiger partial charge in [0.15, 0.2) is 0 Å². The summed E-state index contributed by atoms with van der Waals surface area (Å²) in [6.07, 6.45) is -6.77. The van der Waals surface area contributed by atoms with Gasteiger partial charge in [0.25, 0.3) is 0 Å². The molecule has 1 aromatic rings. The van der Waals surface area contributed by atoms with Crippen molar-refractivity contribution in [3.8, 4) is 0 Å². The lowest BCUT2D eigenvalue weighted by Crippen LogP contribution is -2.51. The first-order valence-corrected chi connectivity index (χ1v) is 7.32. The van der Waals surface area contributed by atoms with Crippen LogP contribution in [0.15, 0.2) is 24.2 Å². The first-order chi connectivity index (χ1) is 18.5. The number of rotatable bonds is 5. The lowest BCUT2D eigenvalue weighted by molar-refractivity contribution is -0.137. The third-order valence-electron chi connectivity index (χ3n) is 3.21. The number of benzene rings is 1. The molecular formula is C19H27N3O4. The van der Waals surface area contributed by atoms with Crippen LogP contribution < -0.4 is 10.6 Å². The molecule has 2 rings (SSSR count). The molecule has 0 saturated carbocycles. The Morgan fingerprint density at radius 2 is 2.19 bits per heavy atom. The van der Waals surface area contributed by atoms with Gasteiger partial charge in [-0.25, -0.2) is 0 Å². The molecule has 0 radical (unpaired) electrons. The molecule has 1 aliphatic heterocycles. The largest absolute Gasteiger partial charge is 0.383 e. The number of fused-ring (bicyclic) bond motifs is 1. The normalized spacial score (nSPS) is 37.2. The van der Waals surface area contributed by atoms with Crippen molar-refractivity contribution in [2.75, 3.05) is 13.5 Å². The molecule has 0 fully saturated rings. The molecule has 0 aromatic heterocycles. The van der Waals surface area contributed by atoms with Gasteiger partial charge in [-0.1, -0.05) is 38.0 Å². The summed E-state index contributed by atoms with van der Waals surface area (Å²) in [5.41, 5.74) is -2.84. The summed E-state index contributed by atoms with van der Waals surface area (Å²) in [6.45, 7) is -9.00. The molecule has 0 unspecified atom stereocenters. The molecule has 0 bridgehead atoms. The number of aliphatic hydroxyl groups is 1. The van der Waals surface area contributed by atoms with Crippen LogP contribution in [0.3, 0.4) is 0 Å². The molecule has 0 spiro atoms. The summed E-state index contributed by atoms with van der Waals surface area (Å²) < 4.78 is 129. The number of hydrogen-bond donors (Lipinski definition) is 3. The first kappa shape index (κ1) is 7.31. The number of likely N-dealkylation sites (N-methyl/N-ethyl adjacent to an activating group) is 1. The quantitative estimate of drug-likeness (QED) is 0.691. The van der Waals surface area contributed by atoms with E-state index in [1.165, 1.54) is 19.2 Å². The van der Waals surface area contributed by atoms with E-state index in [4.69, 9.17) is 21.9 Å². The second kappa shape index (κ2) is 8.31. The first-order valence-electron chi connectivity index (χ1n) is 15.3. The summed E-state index contributed by atoms with van der Waals surface area (Å²) in [4.78, 5) is 38.8. The minimum Gasteiger partial charge on any atom is -0.383 e. The van der Waals surface area contributed by atoms with E-state index in [0.717, 1.165) is 0 Å². The monoisotopic (exact) mass is 377 g/mol. The third kappa shape index (κ3) is 4.40. The zero-order valence-corrected chi connectivity index (χ0v) is 13.8. The lowest BCUT2D eigenvalue weighted by Gasteiger charge is -2.24. The zero-order chi connectivity index (χ0) is 33.3. The molecule has 1 heterocycles. The van der Waals surface area contributed by atoms with E-state index in [9.17, 15) is 19.5 Å². The third-order valence-corrected chi connectivity index (χ3v) is 3.21. The summed E-state index contributed by atoms with van der Waals surface area (Å²) in [5.74, 6) is -7.12. The standard InChI is InChI=1S/C19H27N3O4/c1-11(2)16(23)18(25)20-12(3)17(24)21-15-14-8-6-5-7-13(14)9-10-22(4)19(15)26/h5-8,11-12,15-16,23H,9-10H2,1-4H3,(H,20,25)(H,21,24)/t12-,15-,16-/m0/s1/i3D3,4D3,5D,6D,7D,8D,9D2,10D2,15D,16D. The molecule has 0 saturated heterocycles. The van der Waals surface area contributed by atoms with E-state index in [1.54, 1.807) is 5.32 Å². The van der Waals surface area contributed by atoms with Gasteiger partial charge in [0.2, 0.25) is 17.7 Å². The van der Waals surface area contributed by atoms with Crippen molar-refractivity contribution in [1.82, 2.24) is 15.5 Å². The van der Waals surface area contributed by atoms with Crippen LogP contribution in [0, 0.1) is 5.92 Å². The number of nitrogens with one attached hydrogen (secondary N) is 2. The van der Waals surface area contributed by atoms with Gasteiger partial charge >= 0.3 is 0 Å². The summed E-state index contributed by atoms with van der Waals surface area (Å²) in [7, 11) is 0. The number of amides is 3. The number of carbonyl (C=O) groups excluding carboxylic acids is 3. The molecule has 142 valence electrons.